The first-order chi connectivity index (χ1) is 10.9. The van der Waals surface area contributed by atoms with Gasteiger partial charge in [-0.3, -0.25) is 14.4 Å². The van der Waals surface area contributed by atoms with Gasteiger partial charge >= 0.3 is 5.97 Å². The van der Waals surface area contributed by atoms with Crippen molar-refractivity contribution < 1.29 is 29.3 Å². The molecule has 0 aromatic heterocycles. The van der Waals surface area contributed by atoms with Crippen molar-refractivity contribution in [2.45, 2.75) is 19.4 Å². The van der Waals surface area contributed by atoms with Crippen molar-refractivity contribution in [2.75, 3.05) is 13.7 Å². The van der Waals surface area contributed by atoms with Crippen molar-refractivity contribution in [3.05, 3.63) is 41.2 Å². The normalized spacial score (nSPS) is 17.6. The van der Waals surface area contributed by atoms with Crippen LogP contribution in [0.3, 0.4) is 0 Å². The van der Waals surface area contributed by atoms with E-state index >= 15 is 0 Å². The number of ether oxygens (including phenoxy) is 1. The standard InChI is InChI=1S/C16H17NO6/c1-9(18)13-14(10-4-3-5-11(8-10)23-2)17(7-6-12(19)20)16(22)15(13)21/h3-5,8,14,21H,6-7H2,1-2H3,(H,19,20). The number of hydrogen-bond acceptors (Lipinski definition) is 5. The quantitative estimate of drug-likeness (QED) is 0.822. The van der Waals surface area contributed by atoms with Gasteiger partial charge < -0.3 is 19.8 Å². The average molecular weight is 319 g/mol. The average Bonchev–Trinajstić information content (AvgIpc) is 2.77. The van der Waals surface area contributed by atoms with E-state index in [1.165, 1.54) is 18.9 Å². The highest BCUT2D eigenvalue weighted by atomic mass is 16.5. The minimum atomic E-state index is -1.07. The number of carbonyl (C=O) groups is 3. The third-order valence-corrected chi connectivity index (χ3v) is 3.66. The summed E-state index contributed by atoms with van der Waals surface area (Å²) in [5.41, 5.74) is 0.533. The fourth-order valence-electron chi connectivity index (χ4n) is 2.62. The Labute approximate surface area is 132 Å². The van der Waals surface area contributed by atoms with Crippen LogP contribution in [0.5, 0.6) is 5.75 Å². The van der Waals surface area contributed by atoms with Crippen LogP contribution in [0.25, 0.3) is 0 Å². The van der Waals surface area contributed by atoms with E-state index in [4.69, 9.17) is 9.84 Å². The van der Waals surface area contributed by atoms with Crippen LogP contribution in [-0.4, -0.2) is 46.4 Å². The number of aliphatic hydroxyl groups is 1. The molecule has 1 atom stereocenters. The molecule has 1 heterocycles. The molecule has 1 aliphatic heterocycles. The molecule has 0 saturated carbocycles. The fourth-order valence-corrected chi connectivity index (χ4v) is 2.62. The van der Waals surface area contributed by atoms with Gasteiger partial charge in [-0.2, -0.15) is 0 Å². The zero-order chi connectivity index (χ0) is 17.1. The van der Waals surface area contributed by atoms with E-state index < -0.39 is 29.5 Å². The van der Waals surface area contributed by atoms with Gasteiger partial charge in [0.05, 0.1) is 25.1 Å². The molecule has 0 saturated heterocycles. The summed E-state index contributed by atoms with van der Waals surface area (Å²) in [7, 11) is 1.49. The van der Waals surface area contributed by atoms with Gasteiger partial charge in [-0.05, 0) is 24.6 Å². The van der Waals surface area contributed by atoms with Crippen LogP contribution < -0.4 is 4.74 Å². The van der Waals surface area contributed by atoms with Crippen molar-refractivity contribution in [1.29, 1.82) is 0 Å². The fraction of sp³-hybridized carbons (Fsp3) is 0.312. The number of nitrogens with zero attached hydrogens (tertiary/aromatic N) is 1. The van der Waals surface area contributed by atoms with Crippen molar-refractivity contribution in [2.24, 2.45) is 0 Å². The van der Waals surface area contributed by atoms with E-state index in [0.717, 1.165) is 0 Å². The molecule has 0 aliphatic carbocycles. The summed E-state index contributed by atoms with van der Waals surface area (Å²) in [5, 5.41) is 18.8. The molecule has 2 N–H and O–H groups in total. The largest absolute Gasteiger partial charge is 0.503 e. The number of carboxylic acids is 1. The molecule has 0 spiro atoms. The van der Waals surface area contributed by atoms with Gasteiger partial charge in [-0.1, -0.05) is 12.1 Å². The third-order valence-electron chi connectivity index (χ3n) is 3.66. The van der Waals surface area contributed by atoms with E-state index in [1.807, 2.05) is 0 Å². The molecular weight excluding hydrogens is 302 g/mol. The van der Waals surface area contributed by atoms with E-state index in [1.54, 1.807) is 24.3 Å². The summed E-state index contributed by atoms with van der Waals surface area (Å²) in [4.78, 5) is 36.1. The van der Waals surface area contributed by atoms with Gasteiger partial charge in [0.2, 0.25) is 0 Å². The number of benzene rings is 1. The lowest BCUT2D eigenvalue weighted by Gasteiger charge is -2.26. The van der Waals surface area contributed by atoms with Gasteiger partial charge in [0, 0.05) is 6.54 Å². The van der Waals surface area contributed by atoms with Crippen LogP contribution >= 0.6 is 0 Å². The Balaban J connectivity index is 2.48. The van der Waals surface area contributed by atoms with Gasteiger partial charge in [-0.25, -0.2) is 0 Å². The van der Waals surface area contributed by atoms with Gasteiger partial charge in [-0.15, -0.1) is 0 Å². The van der Waals surface area contributed by atoms with Crippen molar-refractivity contribution >= 4 is 17.7 Å². The number of amides is 1. The van der Waals surface area contributed by atoms with Crippen molar-refractivity contribution in [1.82, 2.24) is 4.90 Å². The third kappa shape index (κ3) is 3.18. The van der Waals surface area contributed by atoms with Crippen LogP contribution in [0.2, 0.25) is 0 Å². The highest BCUT2D eigenvalue weighted by molar-refractivity contribution is 6.08. The minimum absolute atomic E-state index is 0.0337. The van der Waals surface area contributed by atoms with Gasteiger partial charge in [0.15, 0.2) is 11.5 Å². The molecule has 2 rings (SSSR count). The molecule has 0 radical (unpaired) electrons. The molecule has 1 aliphatic rings. The number of methoxy groups -OCH3 is 1. The molecule has 23 heavy (non-hydrogen) atoms. The van der Waals surface area contributed by atoms with Crippen molar-refractivity contribution in [3.8, 4) is 5.75 Å². The summed E-state index contributed by atoms with van der Waals surface area (Å²) in [6, 6.07) is 5.91. The maximum absolute atomic E-state index is 12.2. The zero-order valence-corrected chi connectivity index (χ0v) is 12.8. The maximum atomic E-state index is 12.2. The van der Waals surface area contributed by atoms with E-state index in [0.29, 0.717) is 11.3 Å². The summed E-state index contributed by atoms with van der Waals surface area (Å²) < 4.78 is 5.14. The monoisotopic (exact) mass is 319 g/mol. The Morgan fingerprint density at radius 1 is 1.35 bits per heavy atom. The molecular formula is C16H17NO6. The molecule has 7 nitrogen and oxygen atoms in total. The van der Waals surface area contributed by atoms with Gasteiger partial charge in [0.1, 0.15) is 5.75 Å². The molecule has 122 valence electrons. The predicted octanol–water partition coefficient (Wildman–Crippen LogP) is 1.45. The van der Waals surface area contributed by atoms with E-state index in [9.17, 15) is 19.5 Å². The lowest BCUT2D eigenvalue weighted by Crippen LogP contribution is -2.33. The highest BCUT2D eigenvalue weighted by Gasteiger charge is 2.42. The highest BCUT2D eigenvalue weighted by Crippen LogP contribution is 2.38. The number of Topliss-reactive ketones (excluding diaryl/α,β-unsaturated/α-hetero) is 1. The SMILES string of the molecule is COc1cccc(C2C(C(C)=O)=C(O)C(=O)N2CCC(=O)O)c1. The minimum Gasteiger partial charge on any atom is -0.503 e. The Morgan fingerprint density at radius 2 is 2.04 bits per heavy atom. The first kappa shape index (κ1) is 16.5. The van der Waals surface area contributed by atoms with Crippen LogP contribution in [0.4, 0.5) is 0 Å². The lowest BCUT2D eigenvalue weighted by molar-refractivity contribution is -0.138. The Morgan fingerprint density at radius 3 is 2.61 bits per heavy atom. The van der Waals surface area contributed by atoms with E-state index in [2.05, 4.69) is 0 Å². The molecule has 1 amide bonds. The van der Waals surface area contributed by atoms with Crippen LogP contribution in [-0.2, 0) is 14.4 Å². The Hall–Kier alpha value is -2.83. The Bertz CT molecular complexity index is 694. The maximum Gasteiger partial charge on any atom is 0.305 e. The second-order valence-electron chi connectivity index (χ2n) is 5.14. The number of carbonyl (C=O) groups excluding carboxylic acids is 2. The van der Waals surface area contributed by atoms with E-state index in [-0.39, 0.29) is 18.5 Å². The zero-order valence-electron chi connectivity index (χ0n) is 12.8. The molecule has 1 aromatic carbocycles. The second-order valence-corrected chi connectivity index (χ2v) is 5.14. The number of aliphatic hydroxyl groups excluding tert-OH is 1. The van der Waals surface area contributed by atoms with Crippen LogP contribution in [0, 0.1) is 0 Å². The molecule has 1 aromatic rings. The molecule has 7 heteroatoms. The van der Waals surface area contributed by atoms with Crippen molar-refractivity contribution in [3.63, 3.8) is 0 Å². The number of hydrogen-bond donors (Lipinski definition) is 2. The van der Waals surface area contributed by atoms with Gasteiger partial charge in [0.25, 0.3) is 5.91 Å². The number of ketones is 1. The summed E-state index contributed by atoms with van der Waals surface area (Å²) in [5.74, 6) is -2.36. The molecule has 1 unspecified atom stereocenters. The second kappa shape index (κ2) is 6.51. The number of aliphatic carboxylic acids is 1. The topological polar surface area (TPSA) is 104 Å². The van der Waals surface area contributed by atoms with Crippen LogP contribution in [0.1, 0.15) is 24.9 Å². The van der Waals surface area contributed by atoms with Crippen LogP contribution in [0.15, 0.2) is 35.6 Å². The lowest BCUT2D eigenvalue weighted by atomic mass is 9.96. The molecule has 0 fully saturated rings. The number of carboxylic acid groups (broad SMARTS) is 1. The summed E-state index contributed by atoms with van der Waals surface area (Å²) >= 11 is 0. The predicted molar refractivity (Wildman–Crippen MR) is 80.0 cm³/mol. The molecule has 0 bridgehead atoms. The number of rotatable bonds is 6. The smallest absolute Gasteiger partial charge is 0.305 e. The summed E-state index contributed by atoms with van der Waals surface area (Å²) in [6.45, 7) is 1.14. The Kier molecular flexibility index (Phi) is 4.68. The first-order valence-corrected chi connectivity index (χ1v) is 6.97. The summed E-state index contributed by atoms with van der Waals surface area (Å²) in [6.07, 6.45) is -0.287. The first-order valence-electron chi connectivity index (χ1n) is 6.97.